The van der Waals surface area contributed by atoms with Crippen LogP contribution in [-0.2, 0) is 4.79 Å². The van der Waals surface area contributed by atoms with E-state index in [4.69, 9.17) is 6.42 Å². The van der Waals surface area contributed by atoms with Crippen LogP contribution in [0.5, 0.6) is 0 Å². The number of terminal acetylenes is 1. The second kappa shape index (κ2) is 4.13. The van der Waals surface area contributed by atoms with Crippen LogP contribution in [0.2, 0.25) is 0 Å². The Morgan fingerprint density at radius 2 is 2.42 bits per heavy atom. The summed E-state index contributed by atoms with van der Waals surface area (Å²) in [6.45, 7) is 0.795. The van der Waals surface area contributed by atoms with Crippen molar-refractivity contribution in [3.63, 3.8) is 0 Å². The van der Waals surface area contributed by atoms with Gasteiger partial charge in [-0.25, -0.2) is 0 Å². The van der Waals surface area contributed by atoms with Gasteiger partial charge in [0.15, 0.2) is 0 Å². The van der Waals surface area contributed by atoms with E-state index in [1.54, 1.807) is 0 Å². The zero-order valence-corrected chi connectivity index (χ0v) is 7.34. The Hall–Kier alpha value is -1.01. The molecule has 1 aliphatic carbocycles. The third kappa shape index (κ3) is 2.93. The summed E-state index contributed by atoms with van der Waals surface area (Å²) in [6, 6.07) is 0.626. The average molecular weight is 166 g/mol. The Labute approximate surface area is 73.1 Å². The molecule has 1 N–H and O–H groups in total. The van der Waals surface area contributed by atoms with Crippen LogP contribution in [0.3, 0.4) is 0 Å². The molecule has 0 aliphatic heterocycles. The molecule has 0 saturated heterocycles. The summed E-state index contributed by atoms with van der Waals surface area (Å²) in [5.74, 6) is 2.38. The van der Waals surface area contributed by atoms with Gasteiger partial charge in [0, 0.05) is 6.04 Å². The highest BCUT2D eigenvalue weighted by Crippen LogP contribution is 2.24. The highest BCUT2D eigenvalue weighted by molar-refractivity contribution is 5.78. The van der Waals surface area contributed by atoms with E-state index in [0.717, 1.165) is 0 Å². The van der Waals surface area contributed by atoms with Crippen molar-refractivity contribution in [3.8, 4) is 12.3 Å². The first-order valence-corrected chi connectivity index (χ1v) is 4.14. The summed E-state index contributed by atoms with van der Waals surface area (Å²) in [5, 5.41) is 2.63. The molecular weight excluding hydrogens is 152 g/mol. The summed E-state index contributed by atoms with van der Waals surface area (Å²) in [7, 11) is 1.97. The number of carbonyl (C=O) groups is 1. The zero-order valence-electron chi connectivity index (χ0n) is 7.34. The fourth-order valence-electron chi connectivity index (χ4n) is 1.08. The minimum atomic E-state index is 0.0161. The molecule has 0 aromatic heterocycles. The van der Waals surface area contributed by atoms with Crippen molar-refractivity contribution < 1.29 is 4.79 Å². The lowest BCUT2D eigenvalue weighted by molar-refractivity contribution is -0.121. The summed E-state index contributed by atoms with van der Waals surface area (Å²) >= 11 is 0. The molecule has 66 valence electrons. The molecular formula is C9H14N2O. The van der Waals surface area contributed by atoms with Gasteiger partial charge >= 0.3 is 0 Å². The largest absolute Gasteiger partial charge is 0.344 e. The predicted molar refractivity (Wildman–Crippen MR) is 47.5 cm³/mol. The molecule has 0 unspecified atom stereocenters. The van der Waals surface area contributed by atoms with Gasteiger partial charge in [0.25, 0.3) is 0 Å². The van der Waals surface area contributed by atoms with E-state index >= 15 is 0 Å². The molecule has 0 radical (unpaired) electrons. The minimum Gasteiger partial charge on any atom is -0.344 e. The van der Waals surface area contributed by atoms with Crippen molar-refractivity contribution in [1.29, 1.82) is 0 Å². The van der Waals surface area contributed by atoms with Gasteiger partial charge in [0.1, 0.15) is 0 Å². The van der Waals surface area contributed by atoms with Crippen molar-refractivity contribution in [1.82, 2.24) is 10.2 Å². The summed E-state index contributed by atoms with van der Waals surface area (Å²) < 4.78 is 0. The van der Waals surface area contributed by atoms with Gasteiger partial charge in [-0.3, -0.25) is 9.69 Å². The van der Waals surface area contributed by atoms with Crippen molar-refractivity contribution in [2.24, 2.45) is 0 Å². The van der Waals surface area contributed by atoms with Crippen LogP contribution in [0.15, 0.2) is 0 Å². The summed E-state index contributed by atoms with van der Waals surface area (Å²) in [5.41, 5.74) is 0. The number of amides is 1. The number of nitrogens with zero attached hydrogens (tertiary/aromatic N) is 1. The molecule has 0 heterocycles. The fraction of sp³-hybridized carbons (Fsp3) is 0.667. The van der Waals surface area contributed by atoms with Crippen LogP contribution < -0.4 is 5.32 Å². The van der Waals surface area contributed by atoms with Gasteiger partial charge in [-0.15, -0.1) is 6.42 Å². The van der Waals surface area contributed by atoms with Crippen LogP contribution in [0, 0.1) is 12.3 Å². The SMILES string of the molecule is C#CCNC(=O)CN(C)C1CC1. The smallest absolute Gasteiger partial charge is 0.234 e. The molecule has 3 heteroatoms. The van der Waals surface area contributed by atoms with Gasteiger partial charge in [-0.1, -0.05) is 5.92 Å². The lowest BCUT2D eigenvalue weighted by Crippen LogP contribution is -2.36. The van der Waals surface area contributed by atoms with Crippen molar-refractivity contribution in [3.05, 3.63) is 0 Å². The molecule has 0 aromatic carbocycles. The first-order valence-electron chi connectivity index (χ1n) is 4.14. The van der Waals surface area contributed by atoms with Gasteiger partial charge in [0.2, 0.25) is 5.91 Å². The maximum atomic E-state index is 11.1. The standard InChI is InChI=1S/C9H14N2O/c1-3-6-10-9(12)7-11(2)8-4-5-8/h1,8H,4-7H2,2H3,(H,10,12). The van der Waals surface area contributed by atoms with E-state index in [-0.39, 0.29) is 5.91 Å². The molecule has 0 atom stereocenters. The quantitative estimate of drug-likeness (QED) is 0.588. The third-order valence-corrected chi connectivity index (χ3v) is 1.95. The van der Waals surface area contributed by atoms with E-state index in [2.05, 4.69) is 16.1 Å². The first kappa shape index (κ1) is 9.08. The van der Waals surface area contributed by atoms with E-state index in [1.165, 1.54) is 12.8 Å². The van der Waals surface area contributed by atoms with Crippen LogP contribution >= 0.6 is 0 Å². The second-order valence-electron chi connectivity index (χ2n) is 3.13. The van der Waals surface area contributed by atoms with Crippen LogP contribution in [0.1, 0.15) is 12.8 Å². The highest BCUT2D eigenvalue weighted by atomic mass is 16.2. The second-order valence-corrected chi connectivity index (χ2v) is 3.13. The van der Waals surface area contributed by atoms with Gasteiger partial charge in [-0.05, 0) is 19.9 Å². The van der Waals surface area contributed by atoms with E-state index in [0.29, 0.717) is 19.1 Å². The molecule has 3 nitrogen and oxygen atoms in total. The molecule has 1 saturated carbocycles. The highest BCUT2D eigenvalue weighted by Gasteiger charge is 2.26. The van der Waals surface area contributed by atoms with Gasteiger partial charge < -0.3 is 5.32 Å². The Kier molecular flexibility index (Phi) is 3.12. The number of hydrogen-bond donors (Lipinski definition) is 1. The summed E-state index contributed by atoms with van der Waals surface area (Å²) in [6.07, 6.45) is 7.44. The molecule has 0 spiro atoms. The Morgan fingerprint density at radius 1 is 1.75 bits per heavy atom. The minimum absolute atomic E-state index is 0.0161. The van der Waals surface area contributed by atoms with Gasteiger partial charge in [-0.2, -0.15) is 0 Å². The van der Waals surface area contributed by atoms with Crippen LogP contribution in [-0.4, -0.2) is 37.0 Å². The molecule has 0 aromatic rings. The van der Waals surface area contributed by atoms with Gasteiger partial charge in [0.05, 0.1) is 13.1 Å². The maximum Gasteiger partial charge on any atom is 0.234 e. The molecule has 1 fully saturated rings. The Morgan fingerprint density at radius 3 is 2.92 bits per heavy atom. The van der Waals surface area contributed by atoms with Crippen LogP contribution in [0.4, 0.5) is 0 Å². The average Bonchev–Trinajstić information content (AvgIpc) is 2.82. The van der Waals surface area contributed by atoms with Crippen molar-refractivity contribution in [2.45, 2.75) is 18.9 Å². The molecule has 12 heavy (non-hydrogen) atoms. The maximum absolute atomic E-state index is 11.1. The zero-order chi connectivity index (χ0) is 8.97. The number of hydrogen-bond acceptors (Lipinski definition) is 2. The topological polar surface area (TPSA) is 32.3 Å². The molecule has 1 aliphatic rings. The number of rotatable bonds is 4. The Bertz CT molecular complexity index is 203. The number of carbonyl (C=O) groups excluding carboxylic acids is 1. The molecule has 1 amide bonds. The summed E-state index contributed by atoms with van der Waals surface area (Å²) in [4.78, 5) is 13.2. The fourth-order valence-corrected chi connectivity index (χ4v) is 1.08. The lowest BCUT2D eigenvalue weighted by Gasteiger charge is -2.13. The Balaban J connectivity index is 2.12. The lowest BCUT2D eigenvalue weighted by atomic mass is 10.4. The monoisotopic (exact) mass is 166 g/mol. The van der Waals surface area contributed by atoms with E-state index in [1.807, 2.05) is 7.05 Å². The van der Waals surface area contributed by atoms with Crippen molar-refractivity contribution >= 4 is 5.91 Å². The molecule has 0 bridgehead atoms. The van der Waals surface area contributed by atoms with E-state index in [9.17, 15) is 4.79 Å². The molecule has 1 rings (SSSR count). The van der Waals surface area contributed by atoms with Crippen LogP contribution in [0.25, 0.3) is 0 Å². The number of likely N-dealkylation sites (N-methyl/N-ethyl adjacent to an activating group) is 1. The van der Waals surface area contributed by atoms with E-state index < -0.39 is 0 Å². The normalized spacial score (nSPS) is 15.8. The third-order valence-electron chi connectivity index (χ3n) is 1.95. The first-order chi connectivity index (χ1) is 5.74. The number of nitrogens with one attached hydrogen (secondary N) is 1. The predicted octanol–water partition coefficient (Wildman–Crippen LogP) is -0.170. The van der Waals surface area contributed by atoms with Crippen molar-refractivity contribution in [2.75, 3.05) is 20.1 Å².